The predicted molar refractivity (Wildman–Crippen MR) is 70.6 cm³/mol. The Morgan fingerprint density at radius 3 is 2.31 bits per heavy atom. The van der Waals surface area contributed by atoms with Crippen LogP contribution in [0.3, 0.4) is 0 Å². The first-order valence-electron chi connectivity index (χ1n) is 5.54. The Hall–Kier alpha value is -1.03. The molecule has 0 radical (unpaired) electrons. The molecule has 1 heterocycles. The second-order valence-electron chi connectivity index (χ2n) is 4.36. The van der Waals surface area contributed by atoms with Gasteiger partial charge in [0.1, 0.15) is 11.5 Å². The minimum Gasteiger partial charge on any atom is -0.466 e. The van der Waals surface area contributed by atoms with E-state index in [0.29, 0.717) is 11.2 Å². The topological polar surface area (TPSA) is 37.2 Å². The van der Waals surface area contributed by atoms with E-state index in [1.165, 1.54) is 0 Å². The number of nitrogens with one attached hydrogen (secondary N) is 2. The van der Waals surface area contributed by atoms with Gasteiger partial charge in [-0.3, -0.25) is 0 Å². The Morgan fingerprint density at radius 2 is 1.88 bits per heavy atom. The molecule has 90 valence electrons. The molecule has 1 aromatic rings. The molecule has 0 aromatic carbocycles. The third-order valence-corrected chi connectivity index (χ3v) is 2.55. The number of hydrogen-bond acceptors (Lipinski definition) is 2. The van der Waals surface area contributed by atoms with Crippen molar-refractivity contribution in [3.05, 3.63) is 23.2 Å². The first-order chi connectivity index (χ1) is 7.40. The maximum Gasteiger partial charge on any atom is 0.166 e. The van der Waals surface area contributed by atoms with Gasteiger partial charge in [0.2, 0.25) is 0 Å². The first kappa shape index (κ1) is 13.0. The summed E-state index contributed by atoms with van der Waals surface area (Å²) in [6.45, 7) is 10.1. The second kappa shape index (κ2) is 5.34. The van der Waals surface area contributed by atoms with Crippen molar-refractivity contribution in [3.8, 4) is 0 Å². The summed E-state index contributed by atoms with van der Waals surface area (Å²) in [5.74, 6) is 1.88. The largest absolute Gasteiger partial charge is 0.466 e. The van der Waals surface area contributed by atoms with E-state index in [4.69, 9.17) is 16.6 Å². The molecule has 0 aliphatic carbocycles. The fourth-order valence-electron chi connectivity index (χ4n) is 1.66. The van der Waals surface area contributed by atoms with E-state index in [2.05, 4.69) is 31.4 Å². The number of furan rings is 1. The molecule has 0 saturated carbocycles. The highest BCUT2D eigenvalue weighted by Crippen LogP contribution is 2.20. The summed E-state index contributed by atoms with van der Waals surface area (Å²) in [6.07, 6.45) is 0. The van der Waals surface area contributed by atoms with Gasteiger partial charge >= 0.3 is 0 Å². The maximum atomic E-state index is 5.49. The van der Waals surface area contributed by atoms with E-state index < -0.39 is 0 Å². The normalized spacial score (nSPS) is 12.6. The number of aryl methyl sites for hydroxylation is 2. The monoisotopic (exact) mass is 240 g/mol. The summed E-state index contributed by atoms with van der Waals surface area (Å²) in [5, 5.41) is 7.08. The predicted octanol–water partition coefficient (Wildman–Crippen LogP) is 2.83. The van der Waals surface area contributed by atoms with E-state index in [1.54, 1.807) is 0 Å². The Labute approximate surface area is 103 Å². The van der Waals surface area contributed by atoms with E-state index >= 15 is 0 Å². The third kappa shape index (κ3) is 3.52. The van der Waals surface area contributed by atoms with Crippen LogP contribution in [0.25, 0.3) is 0 Å². The Morgan fingerprint density at radius 1 is 1.25 bits per heavy atom. The van der Waals surface area contributed by atoms with Gasteiger partial charge < -0.3 is 15.1 Å². The molecule has 0 bridgehead atoms. The van der Waals surface area contributed by atoms with Gasteiger partial charge in [-0.05, 0) is 52.9 Å². The molecule has 4 heteroatoms. The van der Waals surface area contributed by atoms with Crippen molar-refractivity contribution in [2.75, 3.05) is 0 Å². The van der Waals surface area contributed by atoms with Crippen molar-refractivity contribution in [1.29, 1.82) is 0 Å². The molecule has 1 unspecified atom stereocenters. The van der Waals surface area contributed by atoms with Crippen LogP contribution in [0, 0.1) is 13.8 Å². The van der Waals surface area contributed by atoms with Gasteiger partial charge in [0.05, 0.1) is 6.04 Å². The fraction of sp³-hybridized carbons (Fsp3) is 0.583. The average Bonchev–Trinajstić information content (AvgIpc) is 2.43. The van der Waals surface area contributed by atoms with Gasteiger partial charge in [0.15, 0.2) is 5.11 Å². The highest BCUT2D eigenvalue weighted by Gasteiger charge is 2.13. The Bertz CT molecular complexity index is 371. The number of hydrogen-bond donors (Lipinski definition) is 2. The van der Waals surface area contributed by atoms with Crippen LogP contribution in [0.15, 0.2) is 10.5 Å². The summed E-state index contributed by atoms with van der Waals surface area (Å²) in [7, 11) is 0. The van der Waals surface area contributed by atoms with Crippen LogP contribution in [0.4, 0.5) is 0 Å². The van der Waals surface area contributed by atoms with Crippen LogP contribution in [-0.4, -0.2) is 11.2 Å². The molecule has 1 rings (SSSR count). The zero-order valence-electron chi connectivity index (χ0n) is 10.5. The van der Waals surface area contributed by atoms with Gasteiger partial charge in [0.25, 0.3) is 0 Å². The van der Waals surface area contributed by atoms with Crippen LogP contribution in [0.2, 0.25) is 0 Å². The van der Waals surface area contributed by atoms with Crippen molar-refractivity contribution >= 4 is 17.3 Å². The summed E-state index contributed by atoms with van der Waals surface area (Å²) in [6, 6.07) is 2.56. The molecule has 1 atom stereocenters. The summed E-state index contributed by atoms with van der Waals surface area (Å²) >= 11 is 5.20. The molecule has 0 spiro atoms. The molecule has 0 amide bonds. The van der Waals surface area contributed by atoms with Gasteiger partial charge in [-0.1, -0.05) is 0 Å². The van der Waals surface area contributed by atoms with Gasteiger partial charge in [-0.2, -0.15) is 0 Å². The van der Waals surface area contributed by atoms with E-state index in [1.807, 2.05) is 19.9 Å². The summed E-state index contributed by atoms with van der Waals surface area (Å²) in [5.41, 5.74) is 1.16. The van der Waals surface area contributed by atoms with Crippen molar-refractivity contribution in [2.24, 2.45) is 0 Å². The minimum absolute atomic E-state index is 0.163. The van der Waals surface area contributed by atoms with E-state index in [-0.39, 0.29) is 6.04 Å². The summed E-state index contributed by atoms with van der Waals surface area (Å²) in [4.78, 5) is 0. The van der Waals surface area contributed by atoms with Crippen LogP contribution >= 0.6 is 12.2 Å². The quantitative estimate of drug-likeness (QED) is 0.797. The molecule has 0 aliphatic rings. The fourth-order valence-corrected chi connectivity index (χ4v) is 2.07. The Kier molecular flexibility index (Phi) is 4.35. The second-order valence-corrected chi connectivity index (χ2v) is 4.77. The van der Waals surface area contributed by atoms with Crippen molar-refractivity contribution in [3.63, 3.8) is 0 Å². The molecule has 3 nitrogen and oxygen atoms in total. The molecule has 0 aliphatic heterocycles. The summed E-state index contributed by atoms with van der Waals surface area (Å²) < 4.78 is 5.49. The van der Waals surface area contributed by atoms with E-state index in [0.717, 1.165) is 17.1 Å². The van der Waals surface area contributed by atoms with Gasteiger partial charge in [-0.25, -0.2) is 0 Å². The lowest BCUT2D eigenvalue weighted by Crippen LogP contribution is -2.40. The molecular weight excluding hydrogens is 220 g/mol. The maximum absolute atomic E-state index is 5.49. The number of thiocarbonyl (C=S) groups is 1. The molecule has 0 fully saturated rings. The molecule has 16 heavy (non-hydrogen) atoms. The number of rotatable bonds is 3. The molecule has 0 saturated heterocycles. The first-order valence-corrected chi connectivity index (χ1v) is 5.95. The van der Waals surface area contributed by atoms with Crippen molar-refractivity contribution in [1.82, 2.24) is 10.6 Å². The molecular formula is C12H20N2OS. The minimum atomic E-state index is 0.163. The van der Waals surface area contributed by atoms with Gasteiger partial charge in [-0.15, -0.1) is 0 Å². The molecule has 2 N–H and O–H groups in total. The lowest BCUT2D eigenvalue weighted by atomic mass is 10.1. The van der Waals surface area contributed by atoms with Gasteiger partial charge in [0, 0.05) is 11.6 Å². The standard InChI is InChI=1S/C12H20N2OS/c1-7(2)13-12(16)14-9(4)11-6-8(3)15-10(11)5/h6-7,9H,1-5H3,(H2,13,14,16). The van der Waals surface area contributed by atoms with Crippen molar-refractivity contribution in [2.45, 2.75) is 46.7 Å². The third-order valence-electron chi connectivity index (χ3n) is 2.31. The lowest BCUT2D eigenvalue weighted by Gasteiger charge is -2.18. The molecule has 1 aromatic heterocycles. The highest BCUT2D eigenvalue weighted by molar-refractivity contribution is 7.80. The zero-order chi connectivity index (χ0) is 12.3. The average molecular weight is 240 g/mol. The van der Waals surface area contributed by atoms with Crippen LogP contribution in [0.5, 0.6) is 0 Å². The Balaban J connectivity index is 2.62. The lowest BCUT2D eigenvalue weighted by molar-refractivity contribution is 0.496. The highest BCUT2D eigenvalue weighted by atomic mass is 32.1. The SMILES string of the molecule is Cc1cc(C(C)NC(=S)NC(C)C)c(C)o1. The van der Waals surface area contributed by atoms with E-state index in [9.17, 15) is 0 Å². The van der Waals surface area contributed by atoms with Crippen LogP contribution < -0.4 is 10.6 Å². The van der Waals surface area contributed by atoms with Crippen molar-refractivity contribution < 1.29 is 4.42 Å². The smallest absolute Gasteiger partial charge is 0.166 e. The zero-order valence-corrected chi connectivity index (χ0v) is 11.4. The van der Waals surface area contributed by atoms with Crippen LogP contribution in [-0.2, 0) is 0 Å². The van der Waals surface area contributed by atoms with Crippen LogP contribution in [0.1, 0.15) is 43.9 Å².